The van der Waals surface area contributed by atoms with Crippen LogP contribution in [0.3, 0.4) is 0 Å². The summed E-state index contributed by atoms with van der Waals surface area (Å²) >= 11 is 1.11. The minimum absolute atomic E-state index is 0.0204. The van der Waals surface area contributed by atoms with Gasteiger partial charge in [-0.25, -0.2) is 0 Å². The van der Waals surface area contributed by atoms with Crippen molar-refractivity contribution in [1.82, 2.24) is 4.90 Å². The normalized spacial score (nSPS) is 22.8. The van der Waals surface area contributed by atoms with Gasteiger partial charge < -0.3 is 10.0 Å². The molecule has 0 saturated carbocycles. The molecule has 2 aliphatic heterocycles. The zero-order valence-electron chi connectivity index (χ0n) is 12.4. The van der Waals surface area contributed by atoms with Crippen molar-refractivity contribution in [3.8, 4) is 0 Å². The first-order chi connectivity index (χ1) is 10.4. The molecule has 0 bridgehead atoms. The van der Waals surface area contributed by atoms with Gasteiger partial charge in [-0.05, 0) is 30.5 Å². The third-order valence-electron chi connectivity index (χ3n) is 4.62. The molecule has 0 aliphatic carbocycles. The summed E-state index contributed by atoms with van der Waals surface area (Å²) < 4.78 is 8.25. The molecule has 1 saturated heterocycles. The van der Waals surface area contributed by atoms with E-state index in [1.165, 1.54) is 0 Å². The number of carboxylic acids is 1. The molecule has 1 amide bonds. The van der Waals surface area contributed by atoms with Crippen molar-refractivity contribution in [3.63, 3.8) is 0 Å². The number of hydrogen-bond donors (Lipinski definition) is 1. The summed E-state index contributed by atoms with van der Waals surface area (Å²) in [5.41, 5.74) is 1.15. The van der Waals surface area contributed by atoms with Crippen LogP contribution in [0.15, 0.2) is 26.9 Å². The summed E-state index contributed by atoms with van der Waals surface area (Å²) in [4.78, 5) is 25.9. The van der Waals surface area contributed by atoms with Crippen molar-refractivity contribution in [2.75, 3.05) is 13.1 Å². The van der Waals surface area contributed by atoms with Crippen molar-refractivity contribution in [2.45, 2.75) is 20.3 Å². The lowest BCUT2D eigenvalue weighted by molar-refractivity contribution is -0.150. The smallest absolute Gasteiger partial charge is 0.311 e. The average Bonchev–Trinajstić information content (AvgIpc) is 3.13. The van der Waals surface area contributed by atoms with E-state index in [9.17, 15) is 14.7 Å². The van der Waals surface area contributed by atoms with E-state index in [2.05, 4.69) is 8.73 Å². The molecule has 7 heteroatoms. The van der Waals surface area contributed by atoms with Gasteiger partial charge in [0.2, 0.25) is 0 Å². The first kappa shape index (κ1) is 14.9. The highest BCUT2D eigenvalue weighted by Gasteiger charge is 2.48. The third-order valence-corrected chi connectivity index (χ3v) is 5.18. The van der Waals surface area contributed by atoms with Gasteiger partial charge in [-0.3, -0.25) is 9.59 Å². The van der Waals surface area contributed by atoms with Crippen LogP contribution >= 0.6 is 0 Å². The molecule has 1 aromatic carbocycles. The SMILES string of the molecule is CC(C)C1(C(=O)O)CCN(C(=O)c2ccc3c(c2)N=S=N3)C1. The first-order valence-electron chi connectivity index (χ1n) is 7.19. The summed E-state index contributed by atoms with van der Waals surface area (Å²) in [6, 6.07) is 5.22. The lowest BCUT2D eigenvalue weighted by Crippen LogP contribution is -2.40. The summed E-state index contributed by atoms with van der Waals surface area (Å²) in [6.45, 7) is 4.52. The van der Waals surface area contributed by atoms with Crippen LogP contribution in [-0.4, -0.2) is 35.0 Å². The highest BCUT2D eigenvalue weighted by molar-refractivity contribution is 7.58. The molecule has 22 heavy (non-hydrogen) atoms. The molecule has 116 valence electrons. The molecule has 2 aliphatic rings. The van der Waals surface area contributed by atoms with E-state index in [1.54, 1.807) is 23.1 Å². The highest BCUT2D eigenvalue weighted by atomic mass is 32.1. The number of aliphatic carboxylic acids is 1. The van der Waals surface area contributed by atoms with Gasteiger partial charge in [-0.15, -0.1) is 0 Å². The van der Waals surface area contributed by atoms with Crippen LogP contribution in [0.4, 0.5) is 11.4 Å². The second-order valence-electron chi connectivity index (χ2n) is 6.06. The minimum Gasteiger partial charge on any atom is -0.481 e. The van der Waals surface area contributed by atoms with Crippen LogP contribution in [0.5, 0.6) is 0 Å². The average molecular weight is 319 g/mol. The first-order valence-corrected chi connectivity index (χ1v) is 7.92. The Hall–Kier alpha value is -2.02. The number of benzene rings is 1. The van der Waals surface area contributed by atoms with E-state index < -0.39 is 11.4 Å². The van der Waals surface area contributed by atoms with Crippen LogP contribution < -0.4 is 0 Å². The Balaban J connectivity index is 1.83. The molecule has 2 heterocycles. The van der Waals surface area contributed by atoms with E-state index in [-0.39, 0.29) is 18.4 Å². The van der Waals surface area contributed by atoms with Crippen molar-refractivity contribution in [1.29, 1.82) is 0 Å². The summed E-state index contributed by atoms with van der Waals surface area (Å²) in [7, 11) is 0. The third kappa shape index (κ3) is 2.25. The molecular formula is C15H17N3O3S. The Morgan fingerprint density at radius 1 is 1.32 bits per heavy atom. The summed E-state index contributed by atoms with van der Waals surface area (Å²) in [5, 5.41) is 9.56. The molecule has 0 aromatic heterocycles. The van der Waals surface area contributed by atoms with Gasteiger partial charge in [0, 0.05) is 18.7 Å². The Morgan fingerprint density at radius 3 is 2.68 bits per heavy atom. The maximum Gasteiger partial charge on any atom is 0.311 e. The number of carboxylic acid groups (broad SMARTS) is 1. The largest absolute Gasteiger partial charge is 0.481 e. The number of rotatable bonds is 3. The van der Waals surface area contributed by atoms with Gasteiger partial charge in [0.15, 0.2) is 0 Å². The molecule has 1 atom stereocenters. The van der Waals surface area contributed by atoms with Crippen molar-refractivity contribution >= 4 is 34.6 Å². The number of hydrogen-bond acceptors (Lipinski definition) is 4. The maximum atomic E-state index is 12.6. The molecule has 1 aromatic rings. The number of carbonyl (C=O) groups is 2. The number of likely N-dealkylation sites (tertiary alicyclic amines) is 1. The second kappa shape index (κ2) is 5.31. The second-order valence-corrected chi connectivity index (χ2v) is 6.59. The van der Waals surface area contributed by atoms with Gasteiger partial charge in [0.1, 0.15) is 11.4 Å². The molecule has 6 nitrogen and oxygen atoms in total. The zero-order chi connectivity index (χ0) is 15.9. The molecule has 1 N–H and O–H groups in total. The molecule has 1 fully saturated rings. The van der Waals surface area contributed by atoms with Gasteiger partial charge >= 0.3 is 5.97 Å². The van der Waals surface area contributed by atoms with E-state index in [4.69, 9.17) is 0 Å². The van der Waals surface area contributed by atoms with Crippen molar-refractivity contribution in [3.05, 3.63) is 23.8 Å². The summed E-state index contributed by atoms with van der Waals surface area (Å²) in [5.74, 6) is -0.983. The van der Waals surface area contributed by atoms with E-state index in [1.807, 2.05) is 13.8 Å². The number of amides is 1. The van der Waals surface area contributed by atoms with E-state index in [0.29, 0.717) is 24.2 Å². The highest BCUT2D eigenvalue weighted by Crippen LogP contribution is 2.39. The van der Waals surface area contributed by atoms with E-state index in [0.717, 1.165) is 17.0 Å². The monoisotopic (exact) mass is 319 g/mol. The number of carbonyl (C=O) groups excluding carboxylic acids is 1. The molecular weight excluding hydrogens is 302 g/mol. The van der Waals surface area contributed by atoms with Gasteiger partial charge in [0.05, 0.1) is 16.8 Å². The fourth-order valence-electron chi connectivity index (χ4n) is 3.00. The predicted molar refractivity (Wildman–Crippen MR) is 83.4 cm³/mol. The molecule has 3 rings (SSSR count). The lowest BCUT2D eigenvalue weighted by Gasteiger charge is -2.28. The van der Waals surface area contributed by atoms with Crippen molar-refractivity contribution < 1.29 is 14.7 Å². The van der Waals surface area contributed by atoms with Gasteiger partial charge in [-0.2, -0.15) is 8.73 Å². The standard InChI is InChI=1S/C15H17N3O3S/c1-9(2)15(14(20)21)5-6-18(8-15)13(19)10-3-4-11-12(7-10)17-22-16-11/h3-4,7,9H,5-6,8H2,1-2H3,(H,20,21). The quantitative estimate of drug-likeness (QED) is 0.944. The van der Waals surface area contributed by atoms with Crippen LogP contribution in [-0.2, 0) is 16.1 Å². The maximum absolute atomic E-state index is 12.6. The molecule has 1 unspecified atom stereocenters. The van der Waals surface area contributed by atoms with Gasteiger partial charge in [-0.1, -0.05) is 13.8 Å². The Labute approximate surface area is 132 Å². The van der Waals surface area contributed by atoms with Gasteiger partial charge in [0.25, 0.3) is 5.91 Å². The van der Waals surface area contributed by atoms with Crippen LogP contribution in [0.25, 0.3) is 0 Å². The van der Waals surface area contributed by atoms with Crippen LogP contribution in [0.1, 0.15) is 30.6 Å². The topological polar surface area (TPSA) is 82.3 Å². The minimum atomic E-state index is -0.845. The van der Waals surface area contributed by atoms with Crippen LogP contribution in [0, 0.1) is 11.3 Å². The Kier molecular flexibility index (Phi) is 3.60. The zero-order valence-corrected chi connectivity index (χ0v) is 13.3. The lowest BCUT2D eigenvalue weighted by atomic mass is 9.76. The Bertz CT molecular complexity index is 725. The fraction of sp³-hybridized carbons (Fsp3) is 0.467. The van der Waals surface area contributed by atoms with Crippen molar-refractivity contribution in [2.24, 2.45) is 20.1 Å². The number of nitrogens with zero attached hydrogens (tertiary/aromatic N) is 3. The van der Waals surface area contributed by atoms with Crippen LogP contribution in [0.2, 0.25) is 0 Å². The molecule has 0 spiro atoms. The predicted octanol–water partition coefficient (Wildman–Crippen LogP) is 2.99. The molecule has 0 radical (unpaired) electrons. The Morgan fingerprint density at radius 2 is 2.05 bits per heavy atom. The number of fused-ring (bicyclic) bond motifs is 1. The summed E-state index contributed by atoms with van der Waals surface area (Å²) in [6.07, 6.45) is 0.492. The van der Waals surface area contributed by atoms with E-state index >= 15 is 0 Å². The fourth-order valence-corrected chi connectivity index (χ4v) is 3.51.